The summed E-state index contributed by atoms with van der Waals surface area (Å²) in [5.41, 5.74) is 2.53. The summed E-state index contributed by atoms with van der Waals surface area (Å²) in [4.78, 5) is 33.6. The molecule has 1 heterocycles. The molecule has 7 nitrogen and oxygen atoms in total. The number of ether oxygens (including phenoxy) is 1. The molecule has 0 radical (unpaired) electrons. The number of carboxylic acid groups (broad SMARTS) is 1. The molecule has 2 fully saturated rings. The van der Waals surface area contributed by atoms with E-state index in [1.54, 1.807) is 30.3 Å². The molecule has 0 spiro atoms. The molecular weight excluding hydrogens is 545 g/mol. The zero-order valence-corrected chi connectivity index (χ0v) is 23.4. The first kappa shape index (κ1) is 27.3. The molecule has 9 heteroatoms. The number of hydrogen-bond donors (Lipinski definition) is 3. The standard InChI is InChI=1S/C32H31ClFN3O4/c1-41-27-16-26-25(15-24(27)34)35-30(36-26)21-8-5-9-23(33)28(21)20-13-12-19(14-22(20)32(39)40)31(38)37-29(18-10-11-18)17-6-3-2-4-7-17/h5,8-9,12-18,29H,2-4,6-7,10-11H2,1H3,(H,35,36)(H,37,38)(H,39,40). The number of aromatic nitrogens is 2. The largest absolute Gasteiger partial charge is 0.494 e. The number of carbonyl (C=O) groups is 2. The highest BCUT2D eigenvalue weighted by Gasteiger charge is 2.38. The zero-order chi connectivity index (χ0) is 28.7. The van der Waals surface area contributed by atoms with Crippen molar-refractivity contribution in [2.45, 2.75) is 51.0 Å². The fraction of sp³-hybridized carbons (Fsp3) is 0.344. The van der Waals surface area contributed by atoms with Gasteiger partial charge in [0.2, 0.25) is 0 Å². The van der Waals surface area contributed by atoms with Crippen LogP contribution in [-0.4, -0.2) is 40.1 Å². The Morgan fingerprint density at radius 2 is 1.80 bits per heavy atom. The van der Waals surface area contributed by atoms with Gasteiger partial charge in [0.25, 0.3) is 5.91 Å². The Bertz CT molecular complexity index is 1640. The lowest BCUT2D eigenvalue weighted by atomic mass is 9.82. The summed E-state index contributed by atoms with van der Waals surface area (Å²) in [6.07, 6.45) is 8.11. The first-order valence-electron chi connectivity index (χ1n) is 14.0. The number of H-pyrrole nitrogens is 1. The second kappa shape index (κ2) is 11.2. The van der Waals surface area contributed by atoms with E-state index in [9.17, 15) is 19.1 Å². The lowest BCUT2D eigenvalue weighted by Crippen LogP contribution is -2.42. The fourth-order valence-corrected chi connectivity index (χ4v) is 6.45. The molecule has 3 aromatic carbocycles. The summed E-state index contributed by atoms with van der Waals surface area (Å²) >= 11 is 6.67. The third-order valence-electron chi connectivity index (χ3n) is 8.39. The molecule has 0 aliphatic heterocycles. The van der Waals surface area contributed by atoms with Crippen molar-refractivity contribution < 1.29 is 23.8 Å². The van der Waals surface area contributed by atoms with Crippen LogP contribution in [0.3, 0.4) is 0 Å². The predicted molar refractivity (Wildman–Crippen MR) is 156 cm³/mol. The van der Waals surface area contributed by atoms with E-state index >= 15 is 0 Å². The predicted octanol–water partition coefficient (Wildman–Crippen LogP) is 7.48. The van der Waals surface area contributed by atoms with E-state index in [0.29, 0.717) is 56.0 Å². The zero-order valence-electron chi connectivity index (χ0n) is 22.7. The minimum absolute atomic E-state index is 0.0449. The summed E-state index contributed by atoms with van der Waals surface area (Å²) < 4.78 is 19.4. The maximum absolute atomic E-state index is 14.3. The number of methoxy groups -OCH3 is 1. The minimum atomic E-state index is -1.18. The molecule has 3 N–H and O–H groups in total. The van der Waals surface area contributed by atoms with Gasteiger partial charge in [-0.25, -0.2) is 14.2 Å². The van der Waals surface area contributed by atoms with E-state index in [-0.39, 0.29) is 23.3 Å². The van der Waals surface area contributed by atoms with E-state index in [0.717, 1.165) is 25.7 Å². The quantitative estimate of drug-likeness (QED) is 0.202. The van der Waals surface area contributed by atoms with Crippen LogP contribution in [0.15, 0.2) is 48.5 Å². The number of nitrogens with one attached hydrogen (secondary N) is 2. The first-order chi connectivity index (χ1) is 19.8. The molecule has 41 heavy (non-hydrogen) atoms. The molecule has 2 aliphatic carbocycles. The minimum Gasteiger partial charge on any atom is -0.494 e. The van der Waals surface area contributed by atoms with Crippen LogP contribution in [0.4, 0.5) is 4.39 Å². The maximum Gasteiger partial charge on any atom is 0.336 e. The SMILES string of the molecule is COc1cc2nc(-c3cccc(Cl)c3-c3ccc(C(=O)NC(C4CCCCC4)C4CC4)cc3C(=O)O)[nH]c2cc1F. The van der Waals surface area contributed by atoms with Gasteiger partial charge in [0.15, 0.2) is 11.6 Å². The van der Waals surface area contributed by atoms with Crippen molar-refractivity contribution >= 4 is 34.5 Å². The Kier molecular flexibility index (Phi) is 7.43. The molecule has 0 saturated heterocycles. The van der Waals surface area contributed by atoms with Gasteiger partial charge in [0.1, 0.15) is 5.82 Å². The number of carboxylic acids is 1. The number of rotatable bonds is 8. The topological polar surface area (TPSA) is 104 Å². The third-order valence-corrected chi connectivity index (χ3v) is 8.71. The molecule has 1 unspecified atom stereocenters. The number of fused-ring (bicyclic) bond motifs is 1. The second-order valence-electron chi connectivity index (χ2n) is 11.1. The summed E-state index contributed by atoms with van der Waals surface area (Å²) in [6.45, 7) is 0. The lowest BCUT2D eigenvalue weighted by molar-refractivity contribution is 0.0697. The van der Waals surface area contributed by atoms with Crippen molar-refractivity contribution in [1.29, 1.82) is 0 Å². The van der Waals surface area contributed by atoms with Crippen LogP contribution < -0.4 is 10.1 Å². The molecule has 4 aromatic rings. The van der Waals surface area contributed by atoms with Gasteiger partial charge in [-0.1, -0.05) is 49.1 Å². The maximum atomic E-state index is 14.3. The van der Waals surface area contributed by atoms with Gasteiger partial charge in [-0.2, -0.15) is 0 Å². The number of amides is 1. The Hall–Kier alpha value is -3.91. The number of hydrogen-bond acceptors (Lipinski definition) is 4. The van der Waals surface area contributed by atoms with Crippen LogP contribution in [0.2, 0.25) is 5.02 Å². The number of aromatic amines is 1. The van der Waals surface area contributed by atoms with Crippen molar-refractivity contribution in [3.8, 4) is 28.3 Å². The van der Waals surface area contributed by atoms with Gasteiger partial charge in [0, 0.05) is 39.9 Å². The number of carbonyl (C=O) groups excluding carboxylic acids is 1. The van der Waals surface area contributed by atoms with Crippen molar-refractivity contribution in [2.75, 3.05) is 7.11 Å². The van der Waals surface area contributed by atoms with Crippen LogP contribution in [0.1, 0.15) is 65.7 Å². The highest BCUT2D eigenvalue weighted by atomic mass is 35.5. The van der Waals surface area contributed by atoms with E-state index in [2.05, 4.69) is 15.3 Å². The molecule has 1 aromatic heterocycles. The van der Waals surface area contributed by atoms with E-state index in [1.807, 2.05) is 0 Å². The number of aromatic carboxylic acids is 1. The summed E-state index contributed by atoms with van der Waals surface area (Å²) in [5.74, 6) is -0.531. The normalized spacial score (nSPS) is 16.5. The van der Waals surface area contributed by atoms with E-state index < -0.39 is 11.8 Å². The highest BCUT2D eigenvalue weighted by Crippen LogP contribution is 2.42. The number of nitrogens with zero attached hydrogens (tertiary/aromatic N) is 1. The monoisotopic (exact) mass is 575 g/mol. The van der Waals surface area contributed by atoms with Gasteiger partial charge in [-0.3, -0.25) is 4.79 Å². The van der Waals surface area contributed by atoms with Gasteiger partial charge in [-0.05, 0) is 61.3 Å². The highest BCUT2D eigenvalue weighted by molar-refractivity contribution is 6.34. The summed E-state index contributed by atoms with van der Waals surface area (Å²) in [7, 11) is 1.38. The van der Waals surface area contributed by atoms with Crippen LogP contribution >= 0.6 is 11.6 Å². The van der Waals surface area contributed by atoms with E-state index in [4.69, 9.17) is 16.3 Å². The fourth-order valence-electron chi connectivity index (χ4n) is 6.17. The van der Waals surface area contributed by atoms with E-state index in [1.165, 1.54) is 44.6 Å². The van der Waals surface area contributed by atoms with Crippen LogP contribution in [0, 0.1) is 17.7 Å². The van der Waals surface area contributed by atoms with Gasteiger partial charge in [-0.15, -0.1) is 0 Å². The molecule has 2 saturated carbocycles. The number of benzene rings is 3. The number of halogens is 2. The van der Waals surface area contributed by atoms with Crippen molar-refractivity contribution in [1.82, 2.24) is 15.3 Å². The Labute approximate surface area is 242 Å². The third kappa shape index (κ3) is 5.40. The molecule has 212 valence electrons. The van der Waals surface area contributed by atoms with Crippen LogP contribution in [-0.2, 0) is 0 Å². The van der Waals surface area contributed by atoms with Crippen molar-refractivity contribution in [3.63, 3.8) is 0 Å². The molecule has 1 amide bonds. The first-order valence-corrected chi connectivity index (χ1v) is 14.4. The van der Waals surface area contributed by atoms with Crippen molar-refractivity contribution in [2.24, 2.45) is 11.8 Å². The summed E-state index contributed by atoms with van der Waals surface area (Å²) in [6, 6.07) is 12.8. The Morgan fingerprint density at radius 3 is 2.51 bits per heavy atom. The van der Waals surface area contributed by atoms with Crippen molar-refractivity contribution in [3.05, 3.63) is 70.5 Å². The van der Waals surface area contributed by atoms with Crippen LogP contribution in [0.25, 0.3) is 33.5 Å². The van der Waals surface area contributed by atoms with Gasteiger partial charge >= 0.3 is 5.97 Å². The molecular formula is C32H31ClFN3O4. The average molecular weight is 576 g/mol. The smallest absolute Gasteiger partial charge is 0.336 e. The molecule has 2 aliphatic rings. The molecule has 1 atom stereocenters. The molecule has 6 rings (SSSR count). The Balaban J connectivity index is 1.37. The van der Waals surface area contributed by atoms with Gasteiger partial charge in [0.05, 0.1) is 23.7 Å². The lowest BCUT2D eigenvalue weighted by Gasteiger charge is -2.31. The summed E-state index contributed by atoms with van der Waals surface area (Å²) in [5, 5.41) is 13.8. The molecule has 0 bridgehead atoms. The number of imidazole rings is 1. The Morgan fingerprint density at radius 1 is 1.05 bits per heavy atom. The second-order valence-corrected chi connectivity index (χ2v) is 11.5. The van der Waals surface area contributed by atoms with Gasteiger partial charge < -0.3 is 20.1 Å². The average Bonchev–Trinajstić information content (AvgIpc) is 3.74. The van der Waals surface area contributed by atoms with Crippen LogP contribution in [0.5, 0.6) is 5.75 Å².